The number of fused-ring (bicyclic) bond motifs is 1. The minimum Gasteiger partial charge on any atom is -0.376 e. The fraction of sp³-hybridized carbons (Fsp3) is 0.0870. The summed E-state index contributed by atoms with van der Waals surface area (Å²) in [5.74, 6) is -0.0735. The first kappa shape index (κ1) is 17.7. The molecule has 28 heavy (non-hydrogen) atoms. The van der Waals surface area contributed by atoms with Gasteiger partial charge in [0, 0.05) is 23.9 Å². The zero-order valence-electron chi connectivity index (χ0n) is 15.5. The zero-order chi connectivity index (χ0) is 19.3. The van der Waals surface area contributed by atoms with Crippen molar-refractivity contribution in [3.8, 4) is 22.5 Å². The number of rotatable bonds is 5. The third kappa shape index (κ3) is 3.69. The van der Waals surface area contributed by atoms with Crippen LogP contribution in [0.15, 0.2) is 78.9 Å². The lowest BCUT2D eigenvalue weighted by Crippen LogP contribution is -2.26. The molecular formula is C23H20N4O. The number of carbonyl (C=O) groups excluding carboxylic acids is 1. The van der Waals surface area contributed by atoms with Gasteiger partial charge in [0.25, 0.3) is 0 Å². The number of aromatic nitrogens is 2. The van der Waals surface area contributed by atoms with Gasteiger partial charge in [-0.25, -0.2) is 9.97 Å². The van der Waals surface area contributed by atoms with Gasteiger partial charge in [-0.05, 0) is 18.2 Å². The van der Waals surface area contributed by atoms with E-state index in [2.05, 4.69) is 10.6 Å². The van der Waals surface area contributed by atoms with E-state index in [9.17, 15) is 4.79 Å². The minimum atomic E-state index is -0.0735. The number of likely N-dealkylation sites (N-methyl/N-ethyl adjacent to an activating group) is 1. The molecule has 1 aromatic heterocycles. The van der Waals surface area contributed by atoms with Crippen LogP contribution in [0.2, 0.25) is 0 Å². The normalized spacial score (nSPS) is 10.6. The molecule has 3 aromatic carbocycles. The summed E-state index contributed by atoms with van der Waals surface area (Å²) >= 11 is 0. The van der Waals surface area contributed by atoms with Crippen molar-refractivity contribution < 1.29 is 4.79 Å². The molecule has 0 aliphatic rings. The molecule has 0 fully saturated rings. The molecule has 0 aliphatic carbocycles. The van der Waals surface area contributed by atoms with Gasteiger partial charge in [-0.2, -0.15) is 0 Å². The average molecular weight is 368 g/mol. The first-order chi connectivity index (χ1) is 13.7. The van der Waals surface area contributed by atoms with Crippen molar-refractivity contribution in [2.24, 2.45) is 0 Å². The molecule has 1 heterocycles. The molecule has 0 aliphatic heterocycles. The van der Waals surface area contributed by atoms with E-state index in [0.29, 0.717) is 0 Å². The van der Waals surface area contributed by atoms with E-state index in [1.54, 1.807) is 7.05 Å². The Bertz CT molecular complexity index is 1110. The van der Waals surface area contributed by atoms with E-state index in [-0.39, 0.29) is 12.5 Å². The fourth-order valence-corrected chi connectivity index (χ4v) is 3.03. The monoisotopic (exact) mass is 368 g/mol. The molecule has 1 amide bonds. The summed E-state index contributed by atoms with van der Waals surface area (Å²) in [5, 5.41) is 5.71. The Morgan fingerprint density at radius 2 is 1.36 bits per heavy atom. The van der Waals surface area contributed by atoms with Gasteiger partial charge < -0.3 is 10.6 Å². The van der Waals surface area contributed by atoms with Gasteiger partial charge in [0.15, 0.2) is 0 Å². The Morgan fingerprint density at radius 1 is 0.786 bits per heavy atom. The van der Waals surface area contributed by atoms with Crippen molar-refractivity contribution in [1.29, 1.82) is 0 Å². The number of anilines is 1. The molecule has 5 heteroatoms. The smallest absolute Gasteiger partial charge is 0.239 e. The molecule has 0 atom stereocenters. The van der Waals surface area contributed by atoms with Gasteiger partial charge in [-0.15, -0.1) is 0 Å². The lowest BCUT2D eigenvalue weighted by molar-refractivity contribution is -0.118. The summed E-state index contributed by atoms with van der Waals surface area (Å²) < 4.78 is 0. The van der Waals surface area contributed by atoms with Crippen molar-refractivity contribution in [3.05, 3.63) is 78.9 Å². The second-order valence-electron chi connectivity index (χ2n) is 6.38. The Kier molecular flexibility index (Phi) is 4.97. The molecule has 2 N–H and O–H groups in total. The van der Waals surface area contributed by atoms with Crippen molar-refractivity contribution in [2.45, 2.75) is 0 Å². The summed E-state index contributed by atoms with van der Waals surface area (Å²) in [4.78, 5) is 21.3. The standard InChI is InChI=1S/C23H20N4O/c1-24-21(28)15-25-18-12-13-19-20(14-18)27-23(17-10-6-3-7-11-17)22(26-19)16-8-4-2-5-9-16/h2-14,25H,15H2,1H3,(H,24,28). The summed E-state index contributed by atoms with van der Waals surface area (Å²) in [6.45, 7) is 0.211. The highest BCUT2D eigenvalue weighted by Crippen LogP contribution is 2.31. The van der Waals surface area contributed by atoms with Crippen LogP contribution in [0.1, 0.15) is 0 Å². The second kappa shape index (κ2) is 7.88. The third-order valence-corrected chi connectivity index (χ3v) is 4.49. The van der Waals surface area contributed by atoms with Crippen LogP contribution in [-0.4, -0.2) is 29.5 Å². The number of nitrogens with zero attached hydrogens (tertiary/aromatic N) is 2. The predicted octanol–water partition coefficient (Wildman–Crippen LogP) is 4.12. The Hall–Kier alpha value is -3.73. The third-order valence-electron chi connectivity index (χ3n) is 4.49. The molecule has 0 saturated heterocycles. The molecule has 4 aromatic rings. The average Bonchev–Trinajstić information content (AvgIpc) is 2.77. The zero-order valence-corrected chi connectivity index (χ0v) is 15.5. The second-order valence-corrected chi connectivity index (χ2v) is 6.38. The van der Waals surface area contributed by atoms with E-state index in [1.165, 1.54) is 0 Å². The SMILES string of the molecule is CNC(=O)CNc1ccc2nc(-c3ccccc3)c(-c3ccccc3)nc2c1. The van der Waals surface area contributed by atoms with Crippen LogP contribution < -0.4 is 10.6 Å². The van der Waals surface area contributed by atoms with E-state index in [4.69, 9.17) is 9.97 Å². The van der Waals surface area contributed by atoms with E-state index in [1.807, 2.05) is 78.9 Å². The molecule has 5 nitrogen and oxygen atoms in total. The minimum absolute atomic E-state index is 0.0735. The summed E-state index contributed by atoms with van der Waals surface area (Å²) in [6.07, 6.45) is 0. The van der Waals surface area contributed by atoms with E-state index >= 15 is 0 Å². The maximum Gasteiger partial charge on any atom is 0.239 e. The molecule has 4 rings (SSSR count). The van der Waals surface area contributed by atoms with Crippen LogP contribution >= 0.6 is 0 Å². The van der Waals surface area contributed by atoms with Crippen LogP contribution in [0.25, 0.3) is 33.5 Å². The number of hydrogen-bond donors (Lipinski definition) is 2. The van der Waals surface area contributed by atoms with E-state index < -0.39 is 0 Å². The molecule has 0 unspecified atom stereocenters. The first-order valence-corrected chi connectivity index (χ1v) is 9.12. The van der Waals surface area contributed by atoms with Crippen LogP contribution in [0.5, 0.6) is 0 Å². The van der Waals surface area contributed by atoms with Gasteiger partial charge in [-0.3, -0.25) is 4.79 Å². The van der Waals surface area contributed by atoms with Crippen molar-refractivity contribution in [2.75, 3.05) is 18.9 Å². The van der Waals surface area contributed by atoms with E-state index in [0.717, 1.165) is 39.2 Å². The number of carbonyl (C=O) groups is 1. The summed E-state index contributed by atoms with van der Waals surface area (Å²) in [6, 6.07) is 25.9. The highest BCUT2D eigenvalue weighted by molar-refractivity contribution is 5.88. The van der Waals surface area contributed by atoms with Gasteiger partial charge in [-0.1, -0.05) is 60.7 Å². The van der Waals surface area contributed by atoms with Crippen molar-refractivity contribution >= 4 is 22.6 Å². The Labute approximate surface area is 163 Å². The predicted molar refractivity (Wildman–Crippen MR) is 113 cm³/mol. The highest BCUT2D eigenvalue weighted by atomic mass is 16.1. The fourth-order valence-electron chi connectivity index (χ4n) is 3.03. The quantitative estimate of drug-likeness (QED) is 0.556. The van der Waals surface area contributed by atoms with Crippen LogP contribution in [-0.2, 0) is 4.79 Å². The molecule has 0 spiro atoms. The summed E-state index contributed by atoms with van der Waals surface area (Å²) in [5.41, 5.74) is 6.14. The molecule has 0 saturated carbocycles. The number of amides is 1. The van der Waals surface area contributed by atoms with Gasteiger partial charge in [0.05, 0.1) is 29.0 Å². The van der Waals surface area contributed by atoms with Gasteiger partial charge >= 0.3 is 0 Å². The lowest BCUT2D eigenvalue weighted by atomic mass is 10.0. The molecule has 0 bridgehead atoms. The first-order valence-electron chi connectivity index (χ1n) is 9.12. The number of hydrogen-bond acceptors (Lipinski definition) is 4. The summed E-state index contributed by atoms with van der Waals surface area (Å²) in [7, 11) is 1.62. The maximum atomic E-state index is 11.5. The topological polar surface area (TPSA) is 66.9 Å². The molecule has 138 valence electrons. The van der Waals surface area contributed by atoms with Crippen LogP contribution in [0.4, 0.5) is 5.69 Å². The number of benzene rings is 3. The van der Waals surface area contributed by atoms with Gasteiger partial charge in [0.1, 0.15) is 0 Å². The van der Waals surface area contributed by atoms with Crippen LogP contribution in [0.3, 0.4) is 0 Å². The maximum absolute atomic E-state index is 11.5. The molecule has 0 radical (unpaired) electrons. The van der Waals surface area contributed by atoms with Crippen molar-refractivity contribution in [3.63, 3.8) is 0 Å². The molecular weight excluding hydrogens is 348 g/mol. The Morgan fingerprint density at radius 3 is 1.93 bits per heavy atom. The lowest BCUT2D eigenvalue weighted by Gasteiger charge is -2.12. The van der Waals surface area contributed by atoms with Gasteiger partial charge in [0.2, 0.25) is 5.91 Å². The largest absolute Gasteiger partial charge is 0.376 e. The Balaban J connectivity index is 1.83. The van der Waals surface area contributed by atoms with Crippen LogP contribution in [0, 0.1) is 0 Å². The number of nitrogens with one attached hydrogen (secondary N) is 2. The van der Waals surface area contributed by atoms with Crippen molar-refractivity contribution in [1.82, 2.24) is 15.3 Å². The highest BCUT2D eigenvalue weighted by Gasteiger charge is 2.13.